The normalized spacial score (nSPS) is 15.3. The third-order valence-corrected chi connectivity index (χ3v) is 7.91. The van der Waals surface area contributed by atoms with Crippen molar-refractivity contribution in [3.8, 4) is 11.5 Å². The van der Waals surface area contributed by atoms with E-state index in [-0.39, 0.29) is 34.0 Å². The Kier molecular flexibility index (Phi) is 6.95. The van der Waals surface area contributed by atoms with Gasteiger partial charge < -0.3 is 4.42 Å². The van der Waals surface area contributed by atoms with Crippen molar-refractivity contribution >= 4 is 21.9 Å². The van der Waals surface area contributed by atoms with E-state index in [9.17, 15) is 26.4 Å². The molecular weight excluding hydrogens is 485 g/mol. The van der Waals surface area contributed by atoms with Crippen LogP contribution in [0.4, 0.5) is 19.2 Å². The molecule has 0 saturated heterocycles. The molecule has 2 aromatic carbocycles. The number of carbonyl (C=O) groups is 1. The van der Waals surface area contributed by atoms with Gasteiger partial charge in [-0.1, -0.05) is 24.4 Å². The van der Waals surface area contributed by atoms with Gasteiger partial charge in [-0.05, 0) is 61.4 Å². The number of halogens is 3. The molecule has 1 heterocycles. The number of benzene rings is 2. The summed E-state index contributed by atoms with van der Waals surface area (Å²) in [7, 11) is -2.11. The molecule has 0 unspecified atom stereocenters. The first-order valence-electron chi connectivity index (χ1n) is 11.0. The Morgan fingerprint density at radius 3 is 2.23 bits per heavy atom. The zero-order valence-corrected chi connectivity index (χ0v) is 19.6. The van der Waals surface area contributed by atoms with Crippen LogP contribution in [0.25, 0.3) is 11.5 Å². The molecular formula is C23H23F3N4O4S. The maximum atomic E-state index is 12.9. The van der Waals surface area contributed by atoms with Gasteiger partial charge in [-0.25, -0.2) is 8.42 Å². The fourth-order valence-electron chi connectivity index (χ4n) is 3.95. The average molecular weight is 509 g/mol. The lowest BCUT2D eigenvalue weighted by atomic mass is 9.96. The van der Waals surface area contributed by atoms with Gasteiger partial charge in [0.1, 0.15) is 0 Å². The fraction of sp³-hybridized carbons (Fsp3) is 0.348. The van der Waals surface area contributed by atoms with Crippen molar-refractivity contribution in [3.05, 3.63) is 59.7 Å². The van der Waals surface area contributed by atoms with Gasteiger partial charge in [0.2, 0.25) is 15.9 Å². The summed E-state index contributed by atoms with van der Waals surface area (Å²) in [6, 6.07) is 9.35. The summed E-state index contributed by atoms with van der Waals surface area (Å²) in [4.78, 5) is 12.6. The molecule has 4 rings (SSSR count). The minimum absolute atomic E-state index is 0.0342. The highest BCUT2D eigenvalue weighted by Gasteiger charge is 2.31. The van der Waals surface area contributed by atoms with Gasteiger partial charge in [-0.15, -0.1) is 5.10 Å². The number of nitrogens with one attached hydrogen (secondary N) is 1. The van der Waals surface area contributed by atoms with Gasteiger partial charge in [0.15, 0.2) is 0 Å². The van der Waals surface area contributed by atoms with Gasteiger partial charge in [0.25, 0.3) is 5.91 Å². The van der Waals surface area contributed by atoms with Crippen LogP contribution in [0.2, 0.25) is 0 Å². The lowest BCUT2D eigenvalue weighted by molar-refractivity contribution is -0.137. The van der Waals surface area contributed by atoms with Crippen LogP contribution >= 0.6 is 0 Å². The highest BCUT2D eigenvalue weighted by atomic mass is 32.2. The molecule has 12 heteroatoms. The number of nitrogens with zero attached hydrogens (tertiary/aromatic N) is 3. The monoisotopic (exact) mass is 508 g/mol. The Morgan fingerprint density at radius 2 is 1.63 bits per heavy atom. The van der Waals surface area contributed by atoms with Crippen molar-refractivity contribution in [2.75, 3.05) is 12.4 Å². The average Bonchev–Trinajstić information content (AvgIpc) is 3.32. The zero-order valence-electron chi connectivity index (χ0n) is 18.7. The summed E-state index contributed by atoms with van der Waals surface area (Å²) in [5.41, 5.74) is -0.397. The Morgan fingerprint density at radius 1 is 1.00 bits per heavy atom. The van der Waals surface area contributed by atoms with Crippen molar-refractivity contribution < 1.29 is 30.8 Å². The molecule has 35 heavy (non-hydrogen) atoms. The van der Waals surface area contributed by atoms with Crippen LogP contribution in [0, 0.1) is 0 Å². The highest BCUT2D eigenvalue weighted by Crippen LogP contribution is 2.31. The summed E-state index contributed by atoms with van der Waals surface area (Å²) in [5.74, 6) is -0.682. The summed E-state index contributed by atoms with van der Waals surface area (Å²) in [5, 5.41) is 9.82. The maximum Gasteiger partial charge on any atom is 0.416 e. The minimum Gasteiger partial charge on any atom is -0.403 e. The predicted octanol–water partition coefficient (Wildman–Crippen LogP) is 4.96. The molecule has 186 valence electrons. The third-order valence-electron chi connectivity index (χ3n) is 5.99. The Balaban J connectivity index is 1.42. The van der Waals surface area contributed by atoms with E-state index >= 15 is 0 Å². The lowest BCUT2D eigenvalue weighted by Gasteiger charge is -2.30. The minimum atomic E-state index is -4.47. The van der Waals surface area contributed by atoms with Gasteiger partial charge in [-0.2, -0.15) is 17.5 Å². The molecule has 1 saturated carbocycles. The zero-order chi connectivity index (χ0) is 25.2. The van der Waals surface area contributed by atoms with Crippen LogP contribution < -0.4 is 5.32 Å². The van der Waals surface area contributed by atoms with Gasteiger partial charge in [0.05, 0.1) is 10.5 Å². The summed E-state index contributed by atoms with van der Waals surface area (Å²) in [6.45, 7) is 0. The Bertz CT molecular complexity index is 1280. The second kappa shape index (κ2) is 9.78. The highest BCUT2D eigenvalue weighted by molar-refractivity contribution is 7.89. The quantitative estimate of drug-likeness (QED) is 0.505. The first-order valence-corrected chi connectivity index (χ1v) is 12.4. The molecule has 0 aliphatic heterocycles. The lowest BCUT2D eigenvalue weighted by Crippen LogP contribution is -2.38. The number of alkyl halides is 3. The SMILES string of the molecule is CN(C1CCCCC1)S(=O)(=O)c1ccc(C(=O)Nc2nnc(-c3ccc(C(F)(F)F)cc3)o2)cc1. The van der Waals surface area contributed by atoms with Crippen molar-refractivity contribution in [1.29, 1.82) is 0 Å². The van der Waals surface area contributed by atoms with Crippen LogP contribution in [-0.2, 0) is 16.2 Å². The number of aromatic nitrogens is 2. The van der Waals surface area contributed by atoms with Crippen LogP contribution in [-0.4, -0.2) is 41.9 Å². The second-order valence-corrected chi connectivity index (χ2v) is 10.3. The molecule has 1 N–H and O–H groups in total. The van der Waals surface area contributed by atoms with E-state index in [1.165, 1.54) is 40.7 Å². The van der Waals surface area contributed by atoms with Gasteiger partial charge >= 0.3 is 12.2 Å². The third kappa shape index (κ3) is 5.54. The fourth-order valence-corrected chi connectivity index (χ4v) is 5.36. The molecule has 0 radical (unpaired) electrons. The molecule has 0 atom stereocenters. The van der Waals surface area contributed by atoms with E-state index in [4.69, 9.17) is 4.42 Å². The smallest absolute Gasteiger partial charge is 0.403 e. The largest absolute Gasteiger partial charge is 0.416 e. The van der Waals surface area contributed by atoms with E-state index < -0.39 is 27.7 Å². The van der Waals surface area contributed by atoms with E-state index in [0.717, 1.165) is 44.2 Å². The van der Waals surface area contributed by atoms with Gasteiger partial charge in [-0.3, -0.25) is 10.1 Å². The van der Waals surface area contributed by atoms with Crippen LogP contribution in [0.1, 0.15) is 48.0 Å². The van der Waals surface area contributed by atoms with E-state index in [0.29, 0.717) is 0 Å². The predicted molar refractivity (Wildman–Crippen MR) is 121 cm³/mol. The molecule has 3 aromatic rings. The van der Waals surface area contributed by atoms with E-state index in [1.807, 2.05) is 0 Å². The molecule has 8 nitrogen and oxygen atoms in total. The first-order chi connectivity index (χ1) is 16.6. The first kappa shape index (κ1) is 24.9. The van der Waals surface area contributed by atoms with Crippen molar-refractivity contribution in [2.45, 2.75) is 49.2 Å². The standard InChI is InChI=1S/C23H23F3N4O4S/c1-30(18-5-3-2-4-6-18)35(32,33)19-13-9-15(10-14-19)20(31)27-22-29-28-21(34-22)16-7-11-17(12-8-16)23(24,25)26/h7-14,18H,2-6H2,1H3,(H,27,29,31). The van der Waals surface area contributed by atoms with E-state index in [1.54, 1.807) is 7.05 Å². The molecule has 1 aromatic heterocycles. The number of carbonyl (C=O) groups excluding carboxylic acids is 1. The number of rotatable bonds is 6. The van der Waals surface area contributed by atoms with E-state index in [2.05, 4.69) is 15.5 Å². The molecule has 0 spiro atoms. The number of amides is 1. The molecule has 1 aliphatic rings. The van der Waals surface area contributed by atoms with Crippen molar-refractivity contribution in [2.24, 2.45) is 0 Å². The molecule has 0 bridgehead atoms. The number of hydrogen-bond acceptors (Lipinski definition) is 6. The van der Waals surface area contributed by atoms with Crippen LogP contribution in [0.3, 0.4) is 0 Å². The number of sulfonamides is 1. The number of hydrogen-bond donors (Lipinski definition) is 1. The summed E-state index contributed by atoms with van der Waals surface area (Å²) in [6.07, 6.45) is 0.302. The maximum absolute atomic E-state index is 12.9. The Hall–Kier alpha value is -3.25. The van der Waals surface area contributed by atoms with Crippen molar-refractivity contribution in [1.82, 2.24) is 14.5 Å². The molecule has 1 fully saturated rings. The Labute approximate surface area is 200 Å². The van der Waals surface area contributed by atoms with Crippen LogP contribution in [0.5, 0.6) is 0 Å². The second-order valence-electron chi connectivity index (χ2n) is 8.28. The number of anilines is 1. The van der Waals surface area contributed by atoms with Crippen LogP contribution in [0.15, 0.2) is 57.8 Å². The summed E-state index contributed by atoms with van der Waals surface area (Å²) < 4.78 is 70.8. The van der Waals surface area contributed by atoms with Gasteiger partial charge in [0, 0.05) is 24.2 Å². The van der Waals surface area contributed by atoms with Crippen molar-refractivity contribution in [3.63, 3.8) is 0 Å². The topological polar surface area (TPSA) is 105 Å². The summed E-state index contributed by atoms with van der Waals surface area (Å²) >= 11 is 0. The molecule has 1 amide bonds. The molecule has 1 aliphatic carbocycles.